The molecule has 0 bridgehead atoms. The highest BCUT2D eigenvalue weighted by atomic mass is 16.2. The first-order valence-electron chi connectivity index (χ1n) is 6.83. The van der Waals surface area contributed by atoms with Crippen molar-refractivity contribution in [2.24, 2.45) is 0 Å². The Kier molecular flexibility index (Phi) is 3.74. The van der Waals surface area contributed by atoms with Crippen molar-refractivity contribution < 1.29 is 9.59 Å². The summed E-state index contributed by atoms with van der Waals surface area (Å²) < 4.78 is 1.90. The van der Waals surface area contributed by atoms with E-state index in [1.165, 1.54) is 0 Å². The number of amides is 2. The number of hydrogen-bond donors (Lipinski definition) is 3. The molecule has 0 atom stereocenters. The van der Waals surface area contributed by atoms with E-state index in [0.717, 1.165) is 12.8 Å². The molecule has 1 fully saturated rings. The van der Waals surface area contributed by atoms with Gasteiger partial charge in [-0.05, 0) is 39.7 Å². The van der Waals surface area contributed by atoms with Gasteiger partial charge < -0.3 is 20.9 Å². The lowest BCUT2D eigenvalue weighted by molar-refractivity contribution is -0.121. The Morgan fingerprint density at radius 2 is 2.05 bits per heavy atom. The van der Waals surface area contributed by atoms with Crippen molar-refractivity contribution in [3.05, 3.63) is 18.0 Å². The van der Waals surface area contributed by atoms with Crippen LogP contribution in [0.1, 0.15) is 50.1 Å². The number of aromatic nitrogens is 1. The smallest absolute Gasteiger partial charge is 0.268 e. The minimum Gasteiger partial charge on any atom is -0.397 e. The quantitative estimate of drug-likeness (QED) is 0.769. The minimum absolute atomic E-state index is 0.0359. The Hall–Kier alpha value is -1.98. The molecule has 6 nitrogen and oxygen atoms in total. The summed E-state index contributed by atoms with van der Waals surface area (Å²) >= 11 is 0. The molecule has 2 amide bonds. The summed E-state index contributed by atoms with van der Waals surface area (Å²) in [5.41, 5.74) is 6.53. The normalized spacial score (nSPS) is 14.9. The van der Waals surface area contributed by atoms with Crippen LogP contribution >= 0.6 is 0 Å². The number of nitrogens with one attached hydrogen (secondary N) is 2. The van der Waals surface area contributed by atoms with Crippen LogP contribution in [0.3, 0.4) is 0 Å². The molecule has 0 unspecified atom stereocenters. The average Bonchev–Trinajstić information content (AvgIpc) is 3.07. The summed E-state index contributed by atoms with van der Waals surface area (Å²) in [6.07, 6.45) is 3.92. The lowest BCUT2D eigenvalue weighted by Gasteiger charge is -2.20. The van der Waals surface area contributed by atoms with Gasteiger partial charge in [0.05, 0.1) is 12.2 Å². The second kappa shape index (κ2) is 5.19. The van der Waals surface area contributed by atoms with Crippen LogP contribution in [-0.4, -0.2) is 28.5 Å². The van der Waals surface area contributed by atoms with Crippen molar-refractivity contribution in [2.75, 3.05) is 12.3 Å². The minimum atomic E-state index is -0.305. The van der Waals surface area contributed by atoms with E-state index in [1.54, 1.807) is 12.3 Å². The second-order valence-corrected chi connectivity index (χ2v) is 6.28. The number of hydrogen-bond acceptors (Lipinski definition) is 3. The van der Waals surface area contributed by atoms with Crippen LogP contribution in [0.5, 0.6) is 0 Å². The van der Waals surface area contributed by atoms with Crippen molar-refractivity contribution >= 4 is 17.5 Å². The van der Waals surface area contributed by atoms with Gasteiger partial charge in [-0.25, -0.2) is 0 Å². The molecule has 2 rings (SSSR count). The molecule has 1 aromatic rings. The number of carbonyl (C=O) groups is 2. The van der Waals surface area contributed by atoms with Crippen molar-refractivity contribution in [1.82, 2.24) is 15.2 Å². The first-order chi connectivity index (χ1) is 9.26. The summed E-state index contributed by atoms with van der Waals surface area (Å²) in [6.45, 7) is 5.65. The lowest BCUT2D eigenvalue weighted by atomic mass is 10.1. The van der Waals surface area contributed by atoms with Crippen LogP contribution < -0.4 is 16.4 Å². The number of nitrogens with zero attached hydrogens (tertiary/aromatic N) is 1. The Labute approximate surface area is 118 Å². The topological polar surface area (TPSA) is 89.2 Å². The molecule has 20 heavy (non-hydrogen) atoms. The predicted octanol–water partition coefficient (Wildman–Crippen LogP) is 1.05. The highest BCUT2D eigenvalue weighted by Crippen LogP contribution is 2.37. The molecule has 0 saturated heterocycles. The van der Waals surface area contributed by atoms with E-state index in [2.05, 4.69) is 10.6 Å². The Morgan fingerprint density at radius 3 is 2.60 bits per heavy atom. The van der Waals surface area contributed by atoms with Gasteiger partial charge >= 0.3 is 0 Å². The molecule has 6 heteroatoms. The highest BCUT2D eigenvalue weighted by molar-refractivity contribution is 5.96. The van der Waals surface area contributed by atoms with Crippen LogP contribution in [0.4, 0.5) is 5.69 Å². The van der Waals surface area contributed by atoms with Crippen molar-refractivity contribution in [1.29, 1.82) is 0 Å². The van der Waals surface area contributed by atoms with E-state index in [4.69, 9.17) is 5.73 Å². The maximum Gasteiger partial charge on any atom is 0.268 e. The maximum atomic E-state index is 12.1. The number of carbonyl (C=O) groups excluding carboxylic acids is 2. The van der Waals surface area contributed by atoms with E-state index in [0.29, 0.717) is 17.4 Å². The molecule has 1 aliphatic rings. The highest BCUT2D eigenvalue weighted by Gasteiger charge is 2.27. The summed E-state index contributed by atoms with van der Waals surface area (Å²) in [6, 6.07) is 2.02. The number of rotatable bonds is 4. The molecule has 1 aromatic heterocycles. The van der Waals surface area contributed by atoms with Crippen LogP contribution in [0.25, 0.3) is 0 Å². The van der Waals surface area contributed by atoms with Crippen LogP contribution in [-0.2, 0) is 4.79 Å². The van der Waals surface area contributed by atoms with Crippen LogP contribution in [0.15, 0.2) is 12.3 Å². The lowest BCUT2D eigenvalue weighted by Crippen LogP contribution is -2.46. The number of anilines is 1. The van der Waals surface area contributed by atoms with Gasteiger partial charge in [-0.1, -0.05) is 0 Å². The number of nitrogen functional groups attached to an aromatic ring is 1. The molecule has 0 aromatic carbocycles. The maximum absolute atomic E-state index is 12.1. The zero-order valence-electron chi connectivity index (χ0n) is 12.2. The summed E-state index contributed by atoms with van der Waals surface area (Å²) in [5.74, 6) is -0.471. The fraction of sp³-hybridized carbons (Fsp3) is 0.571. The van der Waals surface area contributed by atoms with E-state index in [-0.39, 0.29) is 23.9 Å². The van der Waals surface area contributed by atoms with Gasteiger partial charge in [-0.15, -0.1) is 0 Å². The standard InChI is InChI=1S/C14H22N4O2/c1-14(2,3)17-12(19)7-16-13(20)11-6-9(15)8-18(11)10-4-5-10/h6,8,10H,4-5,7,15H2,1-3H3,(H,16,20)(H,17,19). The molecule has 0 aliphatic heterocycles. The monoisotopic (exact) mass is 278 g/mol. The molecule has 4 N–H and O–H groups in total. The largest absolute Gasteiger partial charge is 0.397 e. The Bertz CT molecular complexity index is 524. The predicted molar refractivity (Wildman–Crippen MR) is 77.3 cm³/mol. The molecular formula is C14H22N4O2. The SMILES string of the molecule is CC(C)(C)NC(=O)CNC(=O)c1cc(N)cn1C1CC1. The molecule has 0 spiro atoms. The third-order valence-corrected chi connectivity index (χ3v) is 2.97. The number of nitrogens with two attached hydrogens (primary N) is 1. The average molecular weight is 278 g/mol. The van der Waals surface area contributed by atoms with Crippen molar-refractivity contribution in [3.8, 4) is 0 Å². The summed E-state index contributed by atoms with van der Waals surface area (Å²) in [7, 11) is 0. The van der Waals surface area contributed by atoms with E-state index < -0.39 is 0 Å². The van der Waals surface area contributed by atoms with Crippen molar-refractivity contribution in [3.63, 3.8) is 0 Å². The molecule has 1 saturated carbocycles. The fourth-order valence-corrected chi connectivity index (χ4v) is 2.05. The molecule has 1 aliphatic carbocycles. The summed E-state index contributed by atoms with van der Waals surface area (Å²) in [4.78, 5) is 23.8. The van der Waals surface area contributed by atoms with Gasteiger partial charge in [0.1, 0.15) is 5.69 Å². The molecule has 1 heterocycles. The van der Waals surface area contributed by atoms with Crippen LogP contribution in [0.2, 0.25) is 0 Å². The zero-order valence-corrected chi connectivity index (χ0v) is 12.2. The second-order valence-electron chi connectivity index (χ2n) is 6.28. The van der Waals surface area contributed by atoms with Crippen molar-refractivity contribution in [2.45, 2.75) is 45.2 Å². The molecule has 0 radical (unpaired) electrons. The van der Waals surface area contributed by atoms with Gasteiger partial charge in [0, 0.05) is 17.8 Å². The van der Waals surface area contributed by atoms with E-state index in [9.17, 15) is 9.59 Å². The fourth-order valence-electron chi connectivity index (χ4n) is 2.05. The Balaban J connectivity index is 1.94. The summed E-state index contributed by atoms with van der Waals surface area (Å²) in [5, 5.41) is 5.43. The van der Waals surface area contributed by atoms with Gasteiger partial charge in [-0.3, -0.25) is 9.59 Å². The van der Waals surface area contributed by atoms with Crippen LogP contribution in [0, 0.1) is 0 Å². The Morgan fingerprint density at radius 1 is 1.40 bits per heavy atom. The van der Waals surface area contributed by atoms with Gasteiger partial charge in [0.2, 0.25) is 5.91 Å². The van der Waals surface area contributed by atoms with Gasteiger partial charge in [-0.2, -0.15) is 0 Å². The first-order valence-corrected chi connectivity index (χ1v) is 6.83. The third kappa shape index (κ3) is 3.76. The van der Waals surface area contributed by atoms with E-state index in [1.807, 2.05) is 25.3 Å². The third-order valence-electron chi connectivity index (χ3n) is 2.97. The van der Waals surface area contributed by atoms with Gasteiger partial charge in [0.25, 0.3) is 5.91 Å². The van der Waals surface area contributed by atoms with E-state index >= 15 is 0 Å². The zero-order chi connectivity index (χ0) is 14.9. The first kappa shape index (κ1) is 14.4. The molecule has 110 valence electrons. The van der Waals surface area contributed by atoms with Gasteiger partial charge in [0.15, 0.2) is 0 Å². The molecular weight excluding hydrogens is 256 g/mol.